The lowest BCUT2D eigenvalue weighted by atomic mass is 10.1. The van der Waals surface area contributed by atoms with Crippen molar-refractivity contribution in [3.63, 3.8) is 0 Å². The van der Waals surface area contributed by atoms with Crippen molar-refractivity contribution in [2.75, 3.05) is 0 Å². The molecule has 0 bridgehead atoms. The number of hydrogen-bond donors (Lipinski definition) is 0. The zero-order valence-electron chi connectivity index (χ0n) is 8.83. The Morgan fingerprint density at radius 1 is 1.22 bits per heavy atom. The van der Waals surface area contributed by atoms with Gasteiger partial charge in [-0.25, -0.2) is 8.78 Å². The average Bonchev–Trinajstić information content (AvgIpc) is 2.19. The van der Waals surface area contributed by atoms with Crippen LogP contribution in [0, 0.1) is 11.6 Å². The molecule has 0 heterocycles. The molecule has 0 saturated carbocycles. The molecular formula is C9H7F5O3S. The molecule has 0 aliphatic carbocycles. The minimum atomic E-state index is -5.86. The van der Waals surface area contributed by atoms with Gasteiger partial charge in [0, 0.05) is 5.56 Å². The molecule has 1 aromatic rings. The lowest BCUT2D eigenvalue weighted by Crippen LogP contribution is -2.26. The summed E-state index contributed by atoms with van der Waals surface area (Å²) >= 11 is 0. The van der Waals surface area contributed by atoms with E-state index >= 15 is 0 Å². The maximum absolute atomic E-state index is 13.2. The van der Waals surface area contributed by atoms with Crippen LogP contribution < -0.4 is 0 Å². The summed E-state index contributed by atoms with van der Waals surface area (Å²) in [5.74, 6) is -2.77. The van der Waals surface area contributed by atoms with E-state index in [0.29, 0.717) is 0 Å². The maximum Gasteiger partial charge on any atom is 0.523 e. The van der Waals surface area contributed by atoms with Gasteiger partial charge in [0.15, 0.2) is 11.6 Å². The van der Waals surface area contributed by atoms with Gasteiger partial charge in [-0.05, 0) is 13.0 Å². The van der Waals surface area contributed by atoms with E-state index in [1.807, 2.05) is 0 Å². The molecular weight excluding hydrogens is 283 g/mol. The van der Waals surface area contributed by atoms with Crippen molar-refractivity contribution in [2.24, 2.45) is 0 Å². The van der Waals surface area contributed by atoms with Crippen molar-refractivity contribution in [1.82, 2.24) is 0 Å². The minimum absolute atomic E-state index is 0.622. The van der Waals surface area contributed by atoms with Gasteiger partial charge in [0.05, 0.1) is 0 Å². The van der Waals surface area contributed by atoms with Crippen LogP contribution in [0.25, 0.3) is 0 Å². The summed E-state index contributed by atoms with van der Waals surface area (Å²) in [6, 6.07) is 2.69. The number of rotatable bonds is 3. The quantitative estimate of drug-likeness (QED) is 0.488. The molecule has 0 amide bonds. The molecule has 0 aliphatic heterocycles. The van der Waals surface area contributed by atoms with Crippen LogP contribution in [0.2, 0.25) is 0 Å². The van der Waals surface area contributed by atoms with Crippen LogP contribution in [0.3, 0.4) is 0 Å². The van der Waals surface area contributed by atoms with E-state index in [9.17, 15) is 30.4 Å². The Kier molecular flexibility index (Phi) is 3.96. The highest BCUT2D eigenvalue weighted by Gasteiger charge is 2.48. The monoisotopic (exact) mass is 290 g/mol. The molecule has 0 aromatic heterocycles. The summed E-state index contributed by atoms with van der Waals surface area (Å²) in [6.07, 6.45) is -1.80. The Morgan fingerprint density at radius 2 is 1.78 bits per heavy atom. The minimum Gasteiger partial charge on any atom is -0.255 e. The van der Waals surface area contributed by atoms with Crippen LogP contribution in [0.15, 0.2) is 18.2 Å². The van der Waals surface area contributed by atoms with E-state index in [1.54, 1.807) is 0 Å². The predicted molar refractivity (Wildman–Crippen MR) is 50.8 cm³/mol. The van der Waals surface area contributed by atoms with Gasteiger partial charge < -0.3 is 0 Å². The first-order valence-corrected chi connectivity index (χ1v) is 5.90. The summed E-state index contributed by atoms with van der Waals surface area (Å²) in [5, 5.41) is 0. The molecule has 0 radical (unpaired) electrons. The molecule has 1 unspecified atom stereocenters. The Hall–Kier alpha value is -1.22. The first kappa shape index (κ1) is 14.8. The fraction of sp³-hybridized carbons (Fsp3) is 0.333. The highest BCUT2D eigenvalue weighted by atomic mass is 32.2. The molecule has 0 saturated heterocycles. The summed E-state index contributed by atoms with van der Waals surface area (Å²) in [4.78, 5) is 0. The number of hydrogen-bond acceptors (Lipinski definition) is 3. The molecule has 3 nitrogen and oxygen atoms in total. The summed E-state index contributed by atoms with van der Waals surface area (Å²) in [7, 11) is -5.86. The highest BCUT2D eigenvalue weighted by molar-refractivity contribution is 7.87. The van der Waals surface area contributed by atoms with Gasteiger partial charge in [-0.1, -0.05) is 12.1 Å². The van der Waals surface area contributed by atoms with Crippen LogP contribution >= 0.6 is 0 Å². The number of benzene rings is 1. The van der Waals surface area contributed by atoms with Crippen molar-refractivity contribution >= 4 is 10.1 Å². The normalized spacial score (nSPS) is 14.6. The zero-order valence-corrected chi connectivity index (χ0v) is 9.65. The van der Waals surface area contributed by atoms with Crippen LogP contribution in [0.5, 0.6) is 0 Å². The third-order valence-electron chi connectivity index (χ3n) is 1.97. The van der Waals surface area contributed by atoms with Gasteiger partial charge in [-0.3, -0.25) is 4.18 Å². The Labute approximate surface area is 99.3 Å². The third-order valence-corrected chi connectivity index (χ3v) is 3.08. The Balaban J connectivity index is 3.04. The van der Waals surface area contributed by atoms with Gasteiger partial charge >= 0.3 is 15.6 Å². The largest absolute Gasteiger partial charge is 0.523 e. The van der Waals surface area contributed by atoms with E-state index in [0.717, 1.165) is 25.1 Å². The molecule has 1 rings (SSSR count). The molecule has 1 aromatic carbocycles. The van der Waals surface area contributed by atoms with Gasteiger partial charge in [0.25, 0.3) is 0 Å². The van der Waals surface area contributed by atoms with E-state index in [2.05, 4.69) is 4.18 Å². The predicted octanol–water partition coefficient (Wildman–Crippen LogP) is 2.89. The molecule has 0 spiro atoms. The molecule has 102 valence electrons. The van der Waals surface area contributed by atoms with E-state index in [4.69, 9.17) is 0 Å². The van der Waals surface area contributed by atoms with Crippen LogP contribution in [-0.4, -0.2) is 13.9 Å². The lowest BCUT2D eigenvalue weighted by molar-refractivity contribution is -0.0570. The standard InChI is InChI=1S/C9H7F5O3S/c1-5(17-18(15,16)9(12,13)14)6-3-2-4-7(10)8(6)11/h2-5H,1H3. The average molecular weight is 290 g/mol. The number of alkyl halides is 3. The van der Waals surface area contributed by atoms with Crippen LogP contribution in [0.1, 0.15) is 18.6 Å². The second kappa shape index (κ2) is 4.81. The summed E-state index contributed by atoms with van der Waals surface area (Å²) in [5.41, 5.74) is -6.24. The second-order valence-corrected chi connectivity index (χ2v) is 4.84. The highest BCUT2D eigenvalue weighted by Crippen LogP contribution is 2.31. The van der Waals surface area contributed by atoms with Crippen molar-refractivity contribution in [3.8, 4) is 0 Å². The number of halogens is 5. The molecule has 18 heavy (non-hydrogen) atoms. The fourth-order valence-corrected chi connectivity index (χ4v) is 1.72. The van der Waals surface area contributed by atoms with Crippen molar-refractivity contribution in [1.29, 1.82) is 0 Å². The first-order valence-electron chi connectivity index (χ1n) is 4.49. The van der Waals surface area contributed by atoms with Gasteiger partial charge in [0.2, 0.25) is 0 Å². The van der Waals surface area contributed by atoms with Crippen molar-refractivity contribution in [2.45, 2.75) is 18.5 Å². The zero-order chi connectivity index (χ0) is 14.1. The van der Waals surface area contributed by atoms with Crippen molar-refractivity contribution in [3.05, 3.63) is 35.4 Å². The van der Waals surface area contributed by atoms with Gasteiger partial charge in [-0.2, -0.15) is 21.6 Å². The molecule has 0 fully saturated rings. The van der Waals surface area contributed by atoms with Crippen LogP contribution in [0.4, 0.5) is 22.0 Å². The lowest BCUT2D eigenvalue weighted by Gasteiger charge is -2.15. The van der Waals surface area contributed by atoms with E-state index in [1.165, 1.54) is 0 Å². The maximum atomic E-state index is 13.2. The third kappa shape index (κ3) is 2.96. The topological polar surface area (TPSA) is 43.4 Å². The summed E-state index contributed by atoms with van der Waals surface area (Å²) in [6.45, 7) is 0.862. The Bertz CT molecular complexity index is 538. The molecule has 9 heteroatoms. The Morgan fingerprint density at radius 3 is 2.28 bits per heavy atom. The van der Waals surface area contributed by atoms with Crippen molar-refractivity contribution < 1.29 is 34.6 Å². The fourth-order valence-electron chi connectivity index (χ4n) is 1.13. The van der Waals surface area contributed by atoms with Gasteiger partial charge in [-0.15, -0.1) is 0 Å². The molecule has 0 N–H and O–H groups in total. The van der Waals surface area contributed by atoms with Crippen LogP contribution in [-0.2, 0) is 14.3 Å². The van der Waals surface area contributed by atoms with E-state index < -0.39 is 38.9 Å². The van der Waals surface area contributed by atoms with E-state index in [-0.39, 0.29) is 0 Å². The summed E-state index contributed by atoms with van der Waals surface area (Å²) < 4.78 is 87.1. The molecule has 1 atom stereocenters. The second-order valence-electron chi connectivity index (χ2n) is 3.28. The van der Waals surface area contributed by atoms with Gasteiger partial charge in [0.1, 0.15) is 6.10 Å². The smallest absolute Gasteiger partial charge is 0.255 e. The SMILES string of the molecule is CC(OS(=O)(=O)C(F)(F)F)c1cccc(F)c1F. The first-order chi connectivity index (χ1) is 8.06. The molecule has 0 aliphatic rings.